The molecule has 0 aliphatic heterocycles. The van der Waals surface area contributed by atoms with Gasteiger partial charge >= 0.3 is 6.03 Å². The number of rotatable bonds is 6. The van der Waals surface area contributed by atoms with Crippen molar-refractivity contribution in [2.24, 2.45) is 5.73 Å². The molecular formula is C11H18N4O4. The molecule has 0 aromatic carbocycles. The predicted molar refractivity (Wildman–Crippen MR) is 66.0 cm³/mol. The molecular weight excluding hydrogens is 252 g/mol. The summed E-state index contributed by atoms with van der Waals surface area (Å²) in [6, 6.07) is -0.471. The van der Waals surface area contributed by atoms with E-state index in [0.717, 1.165) is 6.42 Å². The van der Waals surface area contributed by atoms with E-state index in [-0.39, 0.29) is 6.54 Å². The van der Waals surface area contributed by atoms with Crippen molar-refractivity contribution in [1.82, 2.24) is 16.0 Å². The Hall–Kier alpha value is -2.12. The molecule has 1 aliphatic rings. The zero-order valence-electron chi connectivity index (χ0n) is 10.7. The van der Waals surface area contributed by atoms with Gasteiger partial charge in [0.2, 0.25) is 11.7 Å². The Morgan fingerprint density at radius 1 is 1.16 bits per heavy atom. The van der Waals surface area contributed by atoms with Gasteiger partial charge in [-0.1, -0.05) is 0 Å². The van der Waals surface area contributed by atoms with Crippen molar-refractivity contribution in [2.45, 2.75) is 31.7 Å². The summed E-state index contributed by atoms with van der Waals surface area (Å²) in [6.07, 6.45) is 1.52. The molecule has 1 fully saturated rings. The highest BCUT2D eigenvalue weighted by molar-refractivity contribution is 6.39. The van der Waals surface area contributed by atoms with Gasteiger partial charge in [0.15, 0.2) is 0 Å². The summed E-state index contributed by atoms with van der Waals surface area (Å²) >= 11 is 0. The van der Waals surface area contributed by atoms with E-state index in [2.05, 4.69) is 16.0 Å². The maximum Gasteiger partial charge on any atom is 0.315 e. The van der Waals surface area contributed by atoms with E-state index in [9.17, 15) is 19.2 Å². The summed E-state index contributed by atoms with van der Waals surface area (Å²) in [5.41, 5.74) is 3.77. The zero-order chi connectivity index (χ0) is 14.5. The maximum absolute atomic E-state index is 11.6. The van der Waals surface area contributed by atoms with Crippen LogP contribution < -0.4 is 21.7 Å². The van der Waals surface area contributed by atoms with E-state index in [1.165, 1.54) is 0 Å². The lowest BCUT2D eigenvalue weighted by atomic mass is 9.73. The van der Waals surface area contributed by atoms with Gasteiger partial charge in [0.1, 0.15) is 5.54 Å². The van der Waals surface area contributed by atoms with Gasteiger partial charge in [0, 0.05) is 6.54 Å². The monoisotopic (exact) mass is 270 g/mol. The highest BCUT2D eigenvalue weighted by Gasteiger charge is 2.47. The zero-order valence-corrected chi connectivity index (χ0v) is 10.7. The second-order valence-corrected chi connectivity index (χ2v) is 4.39. The summed E-state index contributed by atoms with van der Waals surface area (Å²) in [6.45, 7) is 1.92. The summed E-state index contributed by atoms with van der Waals surface area (Å²) in [4.78, 5) is 45.3. The largest absolute Gasteiger partial charge is 0.363 e. The number of urea groups is 1. The smallest absolute Gasteiger partial charge is 0.315 e. The fourth-order valence-electron chi connectivity index (χ4n) is 1.87. The van der Waals surface area contributed by atoms with Crippen LogP contribution in [0.4, 0.5) is 4.79 Å². The number of nitrogens with two attached hydrogens (primary N) is 1. The number of hydrogen-bond acceptors (Lipinski definition) is 4. The van der Waals surface area contributed by atoms with Crippen molar-refractivity contribution < 1.29 is 19.2 Å². The van der Waals surface area contributed by atoms with Crippen molar-refractivity contribution in [3.8, 4) is 0 Å². The molecule has 0 radical (unpaired) electrons. The molecule has 0 saturated heterocycles. The SMILES string of the molecule is CCNC(=O)NCC(=O)NC1(C(=O)C(N)=O)CCC1. The number of amides is 4. The number of nitrogens with one attached hydrogen (secondary N) is 3. The van der Waals surface area contributed by atoms with Gasteiger partial charge in [-0.25, -0.2) is 4.79 Å². The number of ketones is 1. The van der Waals surface area contributed by atoms with Crippen LogP contribution in [0.25, 0.3) is 0 Å². The molecule has 1 aliphatic carbocycles. The Balaban J connectivity index is 2.48. The molecule has 0 unspecified atom stereocenters. The summed E-state index contributed by atoms with van der Waals surface area (Å²) in [7, 11) is 0. The van der Waals surface area contributed by atoms with Crippen molar-refractivity contribution >= 4 is 23.6 Å². The third-order valence-electron chi connectivity index (χ3n) is 2.99. The van der Waals surface area contributed by atoms with Crippen molar-refractivity contribution in [1.29, 1.82) is 0 Å². The maximum atomic E-state index is 11.6. The standard InChI is InChI=1S/C11H18N4O4/c1-2-13-10(19)14-6-7(16)15-11(4-3-5-11)8(17)9(12)18/h2-6H2,1H3,(H2,12,18)(H,15,16)(H2,13,14,19). The lowest BCUT2D eigenvalue weighted by molar-refractivity contribution is -0.144. The molecule has 1 rings (SSSR count). The molecule has 0 heterocycles. The molecule has 0 aromatic heterocycles. The molecule has 106 valence electrons. The first kappa shape index (κ1) is 14.9. The molecule has 8 nitrogen and oxygen atoms in total. The Kier molecular flexibility index (Phi) is 4.85. The van der Waals surface area contributed by atoms with Crippen LogP contribution in [0.15, 0.2) is 0 Å². The van der Waals surface area contributed by atoms with Crippen LogP contribution in [-0.4, -0.2) is 42.3 Å². The minimum absolute atomic E-state index is 0.264. The lowest BCUT2D eigenvalue weighted by Crippen LogP contribution is -2.63. The van der Waals surface area contributed by atoms with Gasteiger partial charge in [-0.05, 0) is 26.2 Å². The third kappa shape index (κ3) is 3.67. The van der Waals surface area contributed by atoms with Crippen LogP contribution >= 0.6 is 0 Å². The summed E-state index contributed by atoms with van der Waals surface area (Å²) in [5.74, 6) is -2.37. The summed E-state index contributed by atoms with van der Waals surface area (Å²) < 4.78 is 0. The van der Waals surface area contributed by atoms with Crippen LogP contribution in [0.3, 0.4) is 0 Å². The molecule has 0 spiro atoms. The molecule has 5 N–H and O–H groups in total. The Morgan fingerprint density at radius 2 is 1.79 bits per heavy atom. The van der Waals surface area contributed by atoms with Crippen LogP contribution in [0.5, 0.6) is 0 Å². The quantitative estimate of drug-likeness (QED) is 0.433. The number of Topliss-reactive ketones (excluding diaryl/α,β-unsaturated/α-hetero) is 1. The Labute approximate surface area is 110 Å². The minimum Gasteiger partial charge on any atom is -0.363 e. The first-order valence-corrected chi connectivity index (χ1v) is 6.08. The van der Waals surface area contributed by atoms with Gasteiger partial charge in [-0.15, -0.1) is 0 Å². The fraction of sp³-hybridized carbons (Fsp3) is 0.636. The molecule has 0 bridgehead atoms. The van der Waals surface area contributed by atoms with E-state index in [0.29, 0.717) is 19.4 Å². The van der Waals surface area contributed by atoms with Gasteiger partial charge in [-0.3, -0.25) is 14.4 Å². The van der Waals surface area contributed by atoms with Crippen LogP contribution in [0.2, 0.25) is 0 Å². The van der Waals surface area contributed by atoms with E-state index in [1.807, 2.05) is 0 Å². The van der Waals surface area contributed by atoms with Crippen molar-refractivity contribution in [3.05, 3.63) is 0 Å². The highest BCUT2D eigenvalue weighted by Crippen LogP contribution is 2.32. The van der Waals surface area contributed by atoms with E-state index in [1.54, 1.807) is 6.92 Å². The van der Waals surface area contributed by atoms with Crippen LogP contribution in [0.1, 0.15) is 26.2 Å². The molecule has 8 heteroatoms. The number of primary amides is 1. The second kappa shape index (κ2) is 6.17. The van der Waals surface area contributed by atoms with E-state index >= 15 is 0 Å². The van der Waals surface area contributed by atoms with E-state index in [4.69, 9.17) is 5.73 Å². The molecule has 0 aromatic rings. The first-order chi connectivity index (χ1) is 8.91. The van der Waals surface area contributed by atoms with Gasteiger partial charge in [-0.2, -0.15) is 0 Å². The van der Waals surface area contributed by atoms with Crippen molar-refractivity contribution in [2.75, 3.05) is 13.1 Å². The molecule has 1 saturated carbocycles. The average Bonchev–Trinajstić information content (AvgIpc) is 2.30. The number of hydrogen-bond donors (Lipinski definition) is 4. The lowest BCUT2D eigenvalue weighted by Gasteiger charge is -2.39. The number of carbonyl (C=O) groups is 4. The average molecular weight is 270 g/mol. The molecule has 0 atom stereocenters. The third-order valence-corrected chi connectivity index (χ3v) is 2.99. The first-order valence-electron chi connectivity index (χ1n) is 6.08. The van der Waals surface area contributed by atoms with Crippen LogP contribution in [0, 0.1) is 0 Å². The van der Waals surface area contributed by atoms with Gasteiger partial charge < -0.3 is 21.7 Å². The second-order valence-electron chi connectivity index (χ2n) is 4.39. The normalized spacial score (nSPS) is 15.8. The fourth-order valence-corrected chi connectivity index (χ4v) is 1.87. The molecule has 4 amide bonds. The van der Waals surface area contributed by atoms with E-state index < -0.39 is 29.2 Å². The minimum atomic E-state index is -1.17. The highest BCUT2D eigenvalue weighted by atomic mass is 16.2. The van der Waals surface area contributed by atoms with Crippen molar-refractivity contribution in [3.63, 3.8) is 0 Å². The van der Waals surface area contributed by atoms with Crippen LogP contribution in [-0.2, 0) is 14.4 Å². The summed E-state index contributed by atoms with van der Waals surface area (Å²) in [5, 5.41) is 7.27. The predicted octanol–water partition coefficient (Wildman–Crippen LogP) is -1.60. The molecule has 19 heavy (non-hydrogen) atoms. The number of carbonyl (C=O) groups excluding carboxylic acids is 4. The van der Waals surface area contributed by atoms with Gasteiger partial charge in [0.25, 0.3) is 5.91 Å². The topological polar surface area (TPSA) is 130 Å². The Bertz CT molecular complexity index is 403. The Morgan fingerprint density at radius 3 is 2.21 bits per heavy atom. The van der Waals surface area contributed by atoms with Gasteiger partial charge in [0.05, 0.1) is 6.54 Å².